The van der Waals surface area contributed by atoms with Crippen molar-refractivity contribution < 1.29 is 9.90 Å². The van der Waals surface area contributed by atoms with Gasteiger partial charge in [0.15, 0.2) is 0 Å². The molecule has 2 N–H and O–H groups in total. The van der Waals surface area contributed by atoms with Gasteiger partial charge in [0.2, 0.25) is 0 Å². The van der Waals surface area contributed by atoms with Crippen molar-refractivity contribution in [3.8, 4) is 0 Å². The van der Waals surface area contributed by atoms with Gasteiger partial charge in [-0.3, -0.25) is 0 Å². The molecule has 0 saturated carbocycles. The molecule has 0 amide bonds. The zero-order chi connectivity index (χ0) is 11.7. The SMILES string of the molecule is CC(=CC(=O)O)c1c[nH]c2c(C)cccc12. The molecule has 3 nitrogen and oxygen atoms in total. The number of aliphatic carboxylic acids is 1. The van der Waals surface area contributed by atoms with Crippen molar-refractivity contribution in [3.63, 3.8) is 0 Å². The molecule has 0 radical (unpaired) electrons. The highest BCUT2D eigenvalue weighted by Crippen LogP contribution is 2.26. The van der Waals surface area contributed by atoms with Crippen LogP contribution in [-0.2, 0) is 4.79 Å². The fourth-order valence-corrected chi connectivity index (χ4v) is 1.90. The number of nitrogens with one attached hydrogen (secondary N) is 1. The molecule has 0 aliphatic heterocycles. The summed E-state index contributed by atoms with van der Waals surface area (Å²) < 4.78 is 0. The number of rotatable bonds is 2. The highest BCUT2D eigenvalue weighted by atomic mass is 16.4. The van der Waals surface area contributed by atoms with E-state index in [1.807, 2.05) is 31.3 Å². The van der Waals surface area contributed by atoms with Crippen molar-refractivity contribution in [2.45, 2.75) is 13.8 Å². The largest absolute Gasteiger partial charge is 0.478 e. The third-order valence-corrected chi connectivity index (χ3v) is 2.69. The summed E-state index contributed by atoms with van der Waals surface area (Å²) in [6, 6.07) is 6.00. The Kier molecular flexibility index (Phi) is 2.52. The number of carboxylic acids is 1. The number of hydrogen-bond acceptors (Lipinski definition) is 1. The zero-order valence-corrected chi connectivity index (χ0v) is 9.24. The third kappa shape index (κ3) is 1.72. The molecule has 0 aliphatic carbocycles. The molecule has 1 aromatic carbocycles. The standard InChI is InChI=1S/C13H13NO2/c1-8-4-3-5-10-11(7-14-13(8)10)9(2)6-12(15)16/h3-7,14H,1-2H3,(H,15,16). The number of aryl methyl sites for hydroxylation is 1. The number of carbonyl (C=O) groups is 1. The number of carboxylic acid groups (broad SMARTS) is 1. The van der Waals surface area contributed by atoms with Crippen LogP contribution in [0.15, 0.2) is 30.5 Å². The van der Waals surface area contributed by atoms with E-state index in [0.717, 1.165) is 27.6 Å². The molecule has 0 fully saturated rings. The maximum atomic E-state index is 10.6. The molecule has 0 aliphatic rings. The van der Waals surface area contributed by atoms with E-state index in [0.29, 0.717) is 0 Å². The molecular formula is C13H13NO2. The quantitative estimate of drug-likeness (QED) is 0.757. The lowest BCUT2D eigenvalue weighted by molar-refractivity contribution is -0.131. The lowest BCUT2D eigenvalue weighted by atomic mass is 10.0. The predicted molar refractivity (Wildman–Crippen MR) is 64.3 cm³/mol. The van der Waals surface area contributed by atoms with Gasteiger partial charge in [0.05, 0.1) is 0 Å². The van der Waals surface area contributed by atoms with Gasteiger partial charge in [0.1, 0.15) is 0 Å². The summed E-state index contributed by atoms with van der Waals surface area (Å²) in [6.45, 7) is 3.83. The highest BCUT2D eigenvalue weighted by molar-refractivity contribution is 5.98. The van der Waals surface area contributed by atoms with Crippen LogP contribution in [0.2, 0.25) is 0 Å². The second kappa shape index (κ2) is 3.85. The minimum atomic E-state index is -0.917. The van der Waals surface area contributed by atoms with Crippen LogP contribution in [0.1, 0.15) is 18.1 Å². The van der Waals surface area contributed by atoms with Crippen molar-refractivity contribution in [2.24, 2.45) is 0 Å². The van der Waals surface area contributed by atoms with E-state index in [9.17, 15) is 4.79 Å². The average molecular weight is 215 g/mol. The summed E-state index contributed by atoms with van der Waals surface area (Å²) in [6.07, 6.45) is 3.08. The van der Waals surface area contributed by atoms with Crippen LogP contribution < -0.4 is 0 Å². The Morgan fingerprint density at radius 2 is 2.19 bits per heavy atom. The number of benzene rings is 1. The fourth-order valence-electron chi connectivity index (χ4n) is 1.90. The van der Waals surface area contributed by atoms with Crippen molar-refractivity contribution in [2.75, 3.05) is 0 Å². The van der Waals surface area contributed by atoms with Crippen LogP contribution >= 0.6 is 0 Å². The van der Waals surface area contributed by atoms with Crippen LogP contribution in [0.25, 0.3) is 16.5 Å². The lowest BCUT2D eigenvalue weighted by Gasteiger charge is -1.99. The first-order valence-electron chi connectivity index (χ1n) is 5.08. The number of hydrogen-bond donors (Lipinski definition) is 2. The minimum Gasteiger partial charge on any atom is -0.478 e. The number of aromatic nitrogens is 1. The molecule has 1 aromatic heterocycles. The van der Waals surface area contributed by atoms with Crippen molar-refractivity contribution in [1.29, 1.82) is 0 Å². The summed E-state index contributed by atoms with van der Waals surface area (Å²) in [5.41, 5.74) is 3.92. The maximum absolute atomic E-state index is 10.6. The first-order chi connectivity index (χ1) is 7.59. The van der Waals surface area contributed by atoms with Crippen molar-refractivity contribution in [1.82, 2.24) is 4.98 Å². The molecule has 0 bridgehead atoms. The summed E-state index contributed by atoms with van der Waals surface area (Å²) in [5, 5.41) is 9.79. The van der Waals surface area contributed by atoms with E-state index >= 15 is 0 Å². The summed E-state index contributed by atoms with van der Waals surface area (Å²) in [7, 11) is 0. The van der Waals surface area contributed by atoms with Gasteiger partial charge in [0.25, 0.3) is 0 Å². The first-order valence-corrected chi connectivity index (χ1v) is 5.08. The molecule has 0 saturated heterocycles. The van der Waals surface area contributed by atoms with Gasteiger partial charge in [-0.15, -0.1) is 0 Å². The van der Waals surface area contributed by atoms with Crippen LogP contribution in [0, 0.1) is 6.92 Å². The molecule has 0 atom stereocenters. The summed E-state index contributed by atoms with van der Waals surface area (Å²) in [4.78, 5) is 13.8. The molecule has 0 unspecified atom stereocenters. The monoisotopic (exact) mass is 215 g/mol. The van der Waals surface area contributed by atoms with Gasteiger partial charge in [-0.1, -0.05) is 18.2 Å². The van der Waals surface area contributed by atoms with E-state index in [1.54, 1.807) is 6.92 Å². The number of fused-ring (bicyclic) bond motifs is 1. The topological polar surface area (TPSA) is 53.1 Å². The third-order valence-electron chi connectivity index (χ3n) is 2.69. The van der Waals surface area contributed by atoms with E-state index < -0.39 is 5.97 Å². The van der Waals surface area contributed by atoms with E-state index in [1.165, 1.54) is 6.08 Å². The zero-order valence-electron chi connectivity index (χ0n) is 9.24. The molecule has 3 heteroatoms. The molecule has 16 heavy (non-hydrogen) atoms. The smallest absolute Gasteiger partial charge is 0.328 e. The molecule has 2 aromatic rings. The number of allylic oxidation sites excluding steroid dienone is 1. The Labute approximate surface area is 93.4 Å². The van der Waals surface area contributed by atoms with Gasteiger partial charge < -0.3 is 10.1 Å². The molecule has 82 valence electrons. The van der Waals surface area contributed by atoms with Crippen molar-refractivity contribution >= 4 is 22.4 Å². The maximum Gasteiger partial charge on any atom is 0.328 e. The van der Waals surface area contributed by atoms with Gasteiger partial charge in [-0.25, -0.2) is 4.79 Å². The van der Waals surface area contributed by atoms with Crippen LogP contribution in [0.5, 0.6) is 0 Å². The second-order valence-electron chi connectivity index (χ2n) is 3.87. The Morgan fingerprint density at radius 1 is 1.44 bits per heavy atom. The number of para-hydroxylation sites is 1. The second-order valence-corrected chi connectivity index (χ2v) is 3.87. The predicted octanol–water partition coefficient (Wildman–Crippen LogP) is 2.96. The van der Waals surface area contributed by atoms with Crippen LogP contribution in [0.4, 0.5) is 0 Å². The fraction of sp³-hybridized carbons (Fsp3) is 0.154. The van der Waals surface area contributed by atoms with Gasteiger partial charge in [-0.05, 0) is 25.0 Å². The van der Waals surface area contributed by atoms with Crippen molar-refractivity contribution in [3.05, 3.63) is 41.6 Å². The number of aromatic amines is 1. The molecule has 1 heterocycles. The first kappa shape index (κ1) is 10.5. The lowest BCUT2D eigenvalue weighted by Crippen LogP contribution is -1.89. The number of H-pyrrole nitrogens is 1. The normalized spacial score (nSPS) is 12.0. The Hall–Kier alpha value is -2.03. The minimum absolute atomic E-state index is 0.754. The van der Waals surface area contributed by atoms with Crippen LogP contribution in [0.3, 0.4) is 0 Å². The van der Waals surface area contributed by atoms with Gasteiger partial charge in [-0.2, -0.15) is 0 Å². The van der Waals surface area contributed by atoms with Crippen LogP contribution in [-0.4, -0.2) is 16.1 Å². The Bertz CT molecular complexity index is 579. The van der Waals surface area contributed by atoms with Gasteiger partial charge in [0, 0.05) is 28.7 Å². The summed E-state index contributed by atoms with van der Waals surface area (Å²) in [5.74, 6) is -0.917. The molecular weight excluding hydrogens is 202 g/mol. The summed E-state index contributed by atoms with van der Waals surface area (Å²) >= 11 is 0. The van der Waals surface area contributed by atoms with E-state index in [-0.39, 0.29) is 0 Å². The highest BCUT2D eigenvalue weighted by Gasteiger charge is 2.07. The van der Waals surface area contributed by atoms with Gasteiger partial charge >= 0.3 is 5.97 Å². The Balaban J connectivity index is 2.63. The van der Waals surface area contributed by atoms with E-state index in [4.69, 9.17) is 5.11 Å². The molecule has 0 spiro atoms. The van der Waals surface area contributed by atoms with E-state index in [2.05, 4.69) is 4.98 Å². The average Bonchev–Trinajstić information content (AvgIpc) is 2.61. The Morgan fingerprint density at radius 3 is 2.88 bits per heavy atom. The molecule has 2 rings (SSSR count).